The van der Waals surface area contributed by atoms with Gasteiger partial charge in [-0.05, 0) is 49.6 Å². The molecule has 6 nitrogen and oxygen atoms in total. The third kappa shape index (κ3) is 3.70. The van der Waals surface area contributed by atoms with Crippen LogP contribution in [0.2, 0.25) is 0 Å². The maximum Gasteiger partial charge on any atom is 0.287 e. The lowest BCUT2D eigenvalue weighted by molar-refractivity contribution is 0.0898. The summed E-state index contributed by atoms with van der Waals surface area (Å²) in [4.78, 5) is 17.6. The van der Waals surface area contributed by atoms with Gasteiger partial charge in [-0.2, -0.15) is 0 Å². The number of nitrogens with one attached hydrogen (secondary N) is 1. The van der Waals surface area contributed by atoms with E-state index in [2.05, 4.69) is 24.1 Å². The van der Waals surface area contributed by atoms with Crippen LogP contribution in [-0.2, 0) is 0 Å². The minimum atomic E-state index is -0.350. The number of hydrogen-bond acceptors (Lipinski definition) is 5. The Morgan fingerprint density at radius 1 is 1.14 bits per heavy atom. The zero-order valence-corrected chi connectivity index (χ0v) is 17.0. The molecule has 1 atom stereocenters. The number of furan rings is 1. The van der Waals surface area contributed by atoms with Gasteiger partial charge in [-0.3, -0.25) is 4.79 Å². The van der Waals surface area contributed by atoms with Gasteiger partial charge >= 0.3 is 0 Å². The molecule has 0 saturated heterocycles. The standard InChI is InChI=1S/C23H24N2O4/c1-13(2)11-18(23-25-17-7-5-6-8-20(17)29-23)24-22(26)21-14(3)16-12-15(27-4)9-10-19(16)28-21/h5-10,12-13,18H,11H2,1-4H3,(H,24,26)/t18-/m1/s1. The van der Waals surface area contributed by atoms with Crippen LogP contribution in [-0.4, -0.2) is 18.0 Å². The van der Waals surface area contributed by atoms with Crippen molar-refractivity contribution in [2.75, 3.05) is 7.11 Å². The minimum Gasteiger partial charge on any atom is -0.497 e. The average molecular weight is 392 g/mol. The van der Waals surface area contributed by atoms with Crippen LogP contribution in [0.25, 0.3) is 22.1 Å². The smallest absolute Gasteiger partial charge is 0.287 e. The fourth-order valence-corrected chi connectivity index (χ4v) is 3.50. The molecule has 2 aromatic carbocycles. The van der Waals surface area contributed by atoms with Crippen LogP contribution in [0.5, 0.6) is 5.75 Å². The number of amides is 1. The Kier molecular flexibility index (Phi) is 5.01. The van der Waals surface area contributed by atoms with Crippen molar-refractivity contribution < 1.29 is 18.4 Å². The summed E-state index contributed by atoms with van der Waals surface area (Å²) in [5.74, 6) is 1.57. The summed E-state index contributed by atoms with van der Waals surface area (Å²) in [7, 11) is 1.61. The van der Waals surface area contributed by atoms with Crippen LogP contribution in [0.15, 0.2) is 51.3 Å². The first-order valence-electron chi connectivity index (χ1n) is 9.69. The summed E-state index contributed by atoms with van der Waals surface area (Å²) >= 11 is 0. The molecule has 1 N–H and O–H groups in total. The lowest BCUT2D eigenvalue weighted by Crippen LogP contribution is -2.30. The number of carbonyl (C=O) groups is 1. The molecule has 6 heteroatoms. The van der Waals surface area contributed by atoms with E-state index in [0.29, 0.717) is 29.4 Å². The monoisotopic (exact) mass is 392 g/mol. The summed E-state index contributed by atoms with van der Waals surface area (Å²) in [5, 5.41) is 3.91. The first kappa shape index (κ1) is 19.1. The molecule has 29 heavy (non-hydrogen) atoms. The highest BCUT2D eigenvalue weighted by Crippen LogP contribution is 2.30. The maximum absolute atomic E-state index is 13.1. The summed E-state index contributed by atoms with van der Waals surface area (Å²) in [6, 6.07) is 12.7. The number of para-hydroxylation sites is 2. The molecule has 0 aliphatic rings. The Morgan fingerprint density at radius 2 is 1.93 bits per heavy atom. The number of fused-ring (bicyclic) bond motifs is 2. The van der Waals surface area contributed by atoms with Crippen LogP contribution in [0.1, 0.15) is 48.3 Å². The van der Waals surface area contributed by atoms with Gasteiger partial charge in [0.15, 0.2) is 11.3 Å². The molecule has 0 unspecified atom stereocenters. The van der Waals surface area contributed by atoms with Crippen LogP contribution < -0.4 is 10.1 Å². The predicted molar refractivity (Wildman–Crippen MR) is 111 cm³/mol. The van der Waals surface area contributed by atoms with E-state index in [1.54, 1.807) is 7.11 Å². The Labute approximate surface area is 168 Å². The number of aromatic nitrogens is 1. The number of oxazole rings is 1. The second-order valence-corrected chi connectivity index (χ2v) is 7.59. The molecule has 0 bridgehead atoms. The Bertz CT molecular complexity index is 1140. The van der Waals surface area contributed by atoms with Gasteiger partial charge in [0.2, 0.25) is 5.89 Å². The summed E-state index contributed by atoms with van der Waals surface area (Å²) in [6.07, 6.45) is 0.700. The van der Waals surface area contributed by atoms with Crippen LogP contribution in [0, 0.1) is 12.8 Å². The van der Waals surface area contributed by atoms with Crippen molar-refractivity contribution in [1.82, 2.24) is 10.3 Å². The fraction of sp³-hybridized carbons (Fsp3) is 0.304. The van der Waals surface area contributed by atoms with Crippen molar-refractivity contribution in [3.8, 4) is 5.75 Å². The lowest BCUT2D eigenvalue weighted by Gasteiger charge is -2.17. The van der Waals surface area contributed by atoms with Gasteiger partial charge in [-0.25, -0.2) is 4.98 Å². The van der Waals surface area contributed by atoms with Crippen LogP contribution in [0.3, 0.4) is 0 Å². The van der Waals surface area contributed by atoms with Gasteiger partial charge in [0.25, 0.3) is 5.91 Å². The summed E-state index contributed by atoms with van der Waals surface area (Å²) in [6.45, 7) is 6.07. The number of methoxy groups -OCH3 is 1. The second kappa shape index (κ2) is 7.62. The number of ether oxygens (including phenoxy) is 1. The van der Waals surface area contributed by atoms with E-state index in [1.165, 1.54) is 0 Å². The third-order valence-electron chi connectivity index (χ3n) is 4.97. The third-order valence-corrected chi connectivity index (χ3v) is 4.97. The van der Waals surface area contributed by atoms with E-state index in [1.807, 2.05) is 49.4 Å². The number of hydrogen-bond donors (Lipinski definition) is 1. The zero-order valence-electron chi connectivity index (χ0n) is 17.0. The van der Waals surface area contributed by atoms with E-state index in [4.69, 9.17) is 13.6 Å². The van der Waals surface area contributed by atoms with E-state index < -0.39 is 0 Å². The van der Waals surface area contributed by atoms with Gasteiger partial charge < -0.3 is 18.9 Å². The zero-order chi connectivity index (χ0) is 20.5. The van der Waals surface area contributed by atoms with Gasteiger partial charge in [-0.15, -0.1) is 0 Å². The average Bonchev–Trinajstić information content (AvgIpc) is 3.28. The molecule has 2 aromatic heterocycles. The van der Waals surface area contributed by atoms with Crippen molar-refractivity contribution in [2.24, 2.45) is 5.92 Å². The van der Waals surface area contributed by atoms with Gasteiger partial charge in [0.1, 0.15) is 22.9 Å². The molecule has 0 radical (unpaired) electrons. The molecular weight excluding hydrogens is 368 g/mol. The molecule has 4 rings (SSSR count). The Morgan fingerprint density at radius 3 is 2.66 bits per heavy atom. The quantitative estimate of drug-likeness (QED) is 0.475. The number of benzene rings is 2. The molecule has 0 fully saturated rings. The predicted octanol–water partition coefficient (Wildman–Crippen LogP) is 5.41. The van der Waals surface area contributed by atoms with Gasteiger partial charge in [0.05, 0.1) is 7.11 Å². The van der Waals surface area contributed by atoms with Crippen LogP contribution >= 0.6 is 0 Å². The topological polar surface area (TPSA) is 77.5 Å². The molecule has 0 aliphatic heterocycles. The van der Waals surface area contributed by atoms with Crippen molar-refractivity contribution in [2.45, 2.75) is 33.2 Å². The number of rotatable bonds is 6. The van der Waals surface area contributed by atoms with E-state index in [9.17, 15) is 4.79 Å². The summed E-state index contributed by atoms with van der Waals surface area (Å²) in [5.41, 5.74) is 2.91. The van der Waals surface area contributed by atoms with E-state index in [0.717, 1.165) is 22.2 Å². The van der Waals surface area contributed by atoms with Gasteiger partial charge in [0, 0.05) is 10.9 Å². The Hall–Kier alpha value is -3.28. The molecule has 2 heterocycles. The lowest BCUT2D eigenvalue weighted by atomic mass is 10.0. The van der Waals surface area contributed by atoms with Crippen LogP contribution in [0.4, 0.5) is 0 Å². The molecule has 150 valence electrons. The van der Waals surface area contributed by atoms with Crippen molar-refractivity contribution in [3.05, 3.63) is 59.7 Å². The molecular formula is C23H24N2O4. The molecule has 0 aliphatic carbocycles. The first-order valence-corrected chi connectivity index (χ1v) is 9.69. The van der Waals surface area contributed by atoms with Crippen molar-refractivity contribution in [3.63, 3.8) is 0 Å². The molecule has 0 saturated carbocycles. The van der Waals surface area contributed by atoms with Crippen molar-refractivity contribution in [1.29, 1.82) is 0 Å². The molecule has 4 aromatic rings. The van der Waals surface area contributed by atoms with E-state index in [-0.39, 0.29) is 17.7 Å². The SMILES string of the molecule is COc1ccc2oc(C(=O)N[C@H](CC(C)C)c3nc4ccccc4o3)c(C)c2c1. The first-order chi connectivity index (χ1) is 14.0. The maximum atomic E-state index is 13.1. The highest BCUT2D eigenvalue weighted by molar-refractivity contribution is 5.99. The molecule has 0 spiro atoms. The highest BCUT2D eigenvalue weighted by atomic mass is 16.5. The largest absolute Gasteiger partial charge is 0.497 e. The van der Waals surface area contributed by atoms with E-state index >= 15 is 0 Å². The number of aryl methyl sites for hydroxylation is 1. The minimum absolute atomic E-state index is 0.287. The number of carbonyl (C=O) groups excluding carboxylic acids is 1. The Balaban J connectivity index is 1.66. The normalized spacial score (nSPS) is 12.6. The number of nitrogens with zero attached hydrogens (tertiary/aromatic N) is 1. The summed E-state index contributed by atoms with van der Waals surface area (Å²) < 4.78 is 17.0. The van der Waals surface area contributed by atoms with Crippen molar-refractivity contribution >= 4 is 28.0 Å². The highest BCUT2D eigenvalue weighted by Gasteiger charge is 2.25. The van der Waals surface area contributed by atoms with Gasteiger partial charge in [-0.1, -0.05) is 26.0 Å². The molecule has 1 amide bonds. The second-order valence-electron chi connectivity index (χ2n) is 7.59. The fourth-order valence-electron chi connectivity index (χ4n) is 3.50.